The van der Waals surface area contributed by atoms with Crippen LogP contribution in [-0.2, 0) is 6.54 Å². The lowest BCUT2D eigenvalue weighted by atomic mass is 9.96. The van der Waals surface area contributed by atoms with Gasteiger partial charge in [-0.05, 0) is 50.3 Å². The SMILES string of the molecule is O=C(NCC1CCN(Cc2ccccc2)CC1)N1CCCC(c2ncc[nH]2)C1. The number of urea groups is 1. The predicted molar refractivity (Wildman–Crippen MR) is 110 cm³/mol. The van der Waals surface area contributed by atoms with E-state index in [2.05, 4.69) is 50.5 Å². The lowest BCUT2D eigenvalue weighted by molar-refractivity contribution is 0.161. The fourth-order valence-corrected chi connectivity index (χ4v) is 4.42. The molecule has 2 N–H and O–H groups in total. The fraction of sp³-hybridized carbons (Fsp3) is 0.545. The van der Waals surface area contributed by atoms with Gasteiger partial charge in [-0.2, -0.15) is 0 Å². The predicted octanol–water partition coefficient (Wildman–Crippen LogP) is 3.21. The van der Waals surface area contributed by atoms with Crippen LogP contribution in [0.15, 0.2) is 42.7 Å². The molecule has 0 aliphatic carbocycles. The highest BCUT2D eigenvalue weighted by molar-refractivity contribution is 5.74. The summed E-state index contributed by atoms with van der Waals surface area (Å²) in [5, 5.41) is 3.19. The first kappa shape index (κ1) is 19.0. The molecule has 28 heavy (non-hydrogen) atoms. The van der Waals surface area contributed by atoms with E-state index < -0.39 is 0 Å². The molecule has 1 aromatic heterocycles. The van der Waals surface area contributed by atoms with Gasteiger partial charge in [-0.15, -0.1) is 0 Å². The van der Waals surface area contributed by atoms with E-state index in [1.54, 1.807) is 6.20 Å². The number of benzene rings is 1. The van der Waals surface area contributed by atoms with Crippen LogP contribution >= 0.6 is 0 Å². The smallest absolute Gasteiger partial charge is 0.317 e. The zero-order valence-corrected chi connectivity index (χ0v) is 16.5. The minimum Gasteiger partial charge on any atom is -0.348 e. The normalized spacial score (nSPS) is 21.6. The number of carbonyl (C=O) groups excluding carboxylic acids is 1. The molecule has 2 amide bonds. The van der Waals surface area contributed by atoms with Gasteiger partial charge in [-0.3, -0.25) is 4.90 Å². The molecule has 0 radical (unpaired) electrons. The Morgan fingerprint density at radius 3 is 2.71 bits per heavy atom. The van der Waals surface area contributed by atoms with Gasteiger partial charge in [0.25, 0.3) is 0 Å². The summed E-state index contributed by atoms with van der Waals surface area (Å²) in [5.74, 6) is 1.92. The van der Waals surface area contributed by atoms with E-state index in [4.69, 9.17) is 0 Å². The molecule has 0 bridgehead atoms. The first-order chi connectivity index (χ1) is 13.8. The summed E-state index contributed by atoms with van der Waals surface area (Å²) in [5.41, 5.74) is 1.38. The van der Waals surface area contributed by atoms with Crippen LogP contribution in [0.3, 0.4) is 0 Å². The number of aromatic amines is 1. The van der Waals surface area contributed by atoms with Gasteiger partial charge < -0.3 is 15.2 Å². The van der Waals surface area contributed by atoms with Crippen molar-refractivity contribution >= 4 is 6.03 Å². The monoisotopic (exact) mass is 381 g/mol. The summed E-state index contributed by atoms with van der Waals surface area (Å²) in [6.07, 6.45) is 8.09. The lowest BCUT2D eigenvalue weighted by Gasteiger charge is -2.34. The van der Waals surface area contributed by atoms with Crippen LogP contribution in [0.2, 0.25) is 0 Å². The van der Waals surface area contributed by atoms with E-state index in [9.17, 15) is 4.79 Å². The van der Waals surface area contributed by atoms with E-state index in [-0.39, 0.29) is 6.03 Å². The number of carbonyl (C=O) groups is 1. The molecule has 2 saturated heterocycles. The topological polar surface area (TPSA) is 64.3 Å². The maximum absolute atomic E-state index is 12.6. The number of imidazole rings is 1. The molecule has 1 unspecified atom stereocenters. The number of aromatic nitrogens is 2. The molecule has 0 spiro atoms. The number of hydrogen-bond donors (Lipinski definition) is 2. The number of piperidine rings is 2. The van der Waals surface area contributed by atoms with E-state index in [0.29, 0.717) is 11.8 Å². The maximum atomic E-state index is 12.6. The largest absolute Gasteiger partial charge is 0.348 e. The van der Waals surface area contributed by atoms with Crippen LogP contribution in [0.25, 0.3) is 0 Å². The fourth-order valence-electron chi connectivity index (χ4n) is 4.42. The number of amides is 2. The molecular formula is C22H31N5O. The van der Waals surface area contributed by atoms with Crippen molar-refractivity contribution in [2.45, 2.75) is 38.1 Å². The third-order valence-electron chi connectivity index (χ3n) is 6.11. The minimum atomic E-state index is 0.0861. The number of nitrogens with zero attached hydrogens (tertiary/aromatic N) is 3. The quantitative estimate of drug-likeness (QED) is 0.836. The third kappa shape index (κ3) is 4.93. The summed E-state index contributed by atoms with van der Waals surface area (Å²) >= 11 is 0. The summed E-state index contributed by atoms with van der Waals surface area (Å²) in [6, 6.07) is 10.8. The Hall–Kier alpha value is -2.34. The molecular weight excluding hydrogens is 350 g/mol. The Morgan fingerprint density at radius 2 is 1.96 bits per heavy atom. The Balaban J connectivity index is 1.18. The van der Waals surface area contributed by atoms with Gasteiger partial charge in [-0.25, -0.2) is 9.78 Å². The van der Waals surface area contributed by atoms with Crippen LogP contribution in [-0.4, -0.2) is 58.5 Å². The van der Waals surface area contributed by atoms with Crippen molar-refractivity contribution in [3.63, 3.8) is 0 Å². The molecule has 1 aromatic carbocycles. The standard InChI is InChI=1S/C22H31N5O/c28-22(27-12-4-7-20(17-27)21-23-10-11-24-21)25-15-18-8-13-26(14-9-18)16-19-5-2-1-3-6-19/h1-3,5-6,10-11,18,20H,4,7-9,12-17H2,(H,23,24)(H,25,28). The van der Waals surface area contributed by atoms with Crippen molar-refractivity contribution in [1.82, 2.24) is 25.1 Å². The summed E-state index contributed by atoms with van der Waals surface area (Å²) in [7, 11) is 0. The first-order valence-electron chi connectivity index (χ1n) is 10.6. The van der Waals surface area contributed by atoms with Crippen molar-refractivity contribution in [3.8, 4) is 0 Å². The van der Waals surface area contributed by atoms with Gasteiger partial charge in [0.05, 0.1) is 0 Å². The highest BCUT2D eigenvalue weighted by Gasteiger charge is 2.27. The van der Waals surface area contributed by atoms with Crippen LogP contribution in [0.4, 0.5) is 4.79 Å². The second-order valence-electron chi connectivity index (χ2n) is 8.15. The van der Waals surface area contributed by atoms with Crippen LogP contribution in [0, 0.1) is 5.92 Å². The summed E-state index contributed by atoms with van der Waals surface area (Å²) < 4.78 is 0. The molecule has 6 nitrogen and oxygen atoms in total. The molecule has 2 aromatic rings. The zero-order valence-electron chi connectivity index (χ0n) is 16.5. The number of likely N-dealkylation sites (tertiary alicyclic amines) is 2. The van der Waals surface area contributed by atoms with Crippen LogP contribution in [0.1, 0.15) is 43.0 Å². The summed E-state index contributed by atoms with van der Waals surface area (Å²) in [4.78, 5) is 24.7. The van der Waals surface area contributed by atoms with Gasteiger partial charge in [0.1, 0.15) is 5.82 Å². The molecule has 3 heterocycles. The Labute approximate surface area is 167 Å². The van der Waals surface area contributed by atoms with E-state index in [1.807, 2.05) is 11.1 Å². The van der Waals surface area contributed by atoms with Crippen molar-refractivity contribution < 1.29 is 4.79 Å². The molecule has 150 valence electrons. The average Bonchev–Trinajstić information content (AvgIpc) is 3.29. The van der Waals surface area contributed by atoms with Crippen molar-refractivity contribution in [2.75, 3.05) is 32.7 Å². The minimum absolute atomic E-state index is 0.0861. The maximum Gasteiger partial charge on any atom is 0.317 e. The van der Waals surface area contributed by atoms with Crippen molar-refractivity contribution in [2.24, 2.45) is 5.92 Å². The number of hydrogen-bond acceptors (Lipinski definition) is 3. The Morgan fingerprint density at radius 1 is 1.14 bits per heavy atom. The Kier molecular flexibility index (Phi) is 6.27. The zero-order chi connectivity index (χ0) is 19.2. The summed E-state index contributed by atoms with van der Waals surface area (Å²) in [6.45, 7) is 5.65. The molecule has 2 aliphatic rings. The van der Waals surface area contributed by atoms with Gasteiger partial charge in [0.15, 0.2) is 0 Å². The Bertz CT molecular complexity index is 725. The highest BCUT2D eigenvalue weighted by Crippen LogP contribution is 2.24. The molecule has 1 atom stereocenters. The molecule has 0 saturated carbocycles. The molecule has 2 aliphatic heterocycles. The van der Waals surface area contributed by atoms with Gasteiger partial charge >= 0.3 is 6.03 Å². The van der Waals surface area contributed by atoms with E-state index >= 15 is 0 Å². The highest BCUT2D eigenvalue weighted by atomic mass is 16.2. The van der Waals surface area contributed by atoms with Crippen molar-refractivity contribution in [1.29, 1.82) is 0 Å². The van der Waals surface area contributed by atoms with Crippen molar-refractivity contribution in [3.05, 3.63) is 54.1 Å². The molecule has 2 fully saturated rings. The van der Waals surface area contributed by atoms with Gasteiger partial charge in [0.2, 0.25) is 0 Å². The van der Waals surface area contributed by atoms with Crippen LogP contribution in [0.5, 0.6) is 0 Å². The second-order valence-corrected chi connectivity index (χ2v) is 8.15. The van der Waals surface area contributed by atoms with Crippen LogP contribution < -0.4 is 5.32 Å². The lowest BCUT2D eigenvalue weighted by Crippen LogP contribution is -2.47. The third-order valence-corrected chi connectivity index (χ3v) is 6.11. The first-order valence-corrected chi connectivity index (χ1v) is 10.6. The van der Waals surface area contributed by atoms with Gasteiger partial charge in [-0.1, -0.05) is 30.3 Å². The number of H-pyrrole nitrogens is 1. The number of nitrogens with one attached hydrogen (secondary N) is 2. The molecule has 4 rings (SSSR count). The molecule has 6 heteroatoms. The average molecular weight is 382 g/mol. The van der Waals surface area contributed by atoms with Gasteiger partial charge in [0, 0.05) is 44.5 Å². The van der Waals surface area contributed by atoms with E-state index in [0.717, 1.165) is 70.8 Å². The second kappa shape index (κ2) is 9.24. The van der Waals surface area contributed by atoms with E-state index in [1.165, 1.54) is 5.56 Å². The number of rotatable bonds is 5.